The molecule has 0 saturated heterocycles. The Labute approximate surface area is 115 Å². The Morgan fingerprint density at radius 1 is 1.05 bits per heavy atom. The van der Waals surface area contributed by atoms with E-state index in [2.05, 4.69) is 9.98 Å². The Morgan fingerprint density at radius 2 is 1.65 bits per heavy atom. The molecular weight excluding hydrogens is 269 g/mol. The smallest absolute Gasteiger partial charge is 0.386 e. The van der Waals surface area contributed by atoms with Crippen molar-refractivity contribution >= 4 is 11.5 Å². The van der Waals surface area contributed by atoms with E-state index in [-0.39, 0.29) is 17.5 Å². The molecule has 112 valence electrons. The number of halogens is 3. The van der Waals surface area contributed by atoms with Crippen molar-refractivity contribution in [2.75, 3.05) is 0 Å². The average Bonchev–Trinajstić information content (AvgIpc) is 2.15. The van der Waals surface area contributed by atoms with E-state index >= 15 is 0 Å². The fraction of sp³-hybridized carbons (Fsp3) is 0.846. The number of aliphatic imine (C=N–C) groups is 2. The molecule has 20 heavy (non-hydrogen) atoms. The van der Waals surface area contributed by atoms with Gasteiger partial charge in [0, 0.05) is 5.71 Å². The summed E-state index contributed by atoms with van der Waals surface area (Å²) >= 11 is 0. The van der Waals surface area contributed by atoms with Crippen LogP contribution in [0.15, 0.2) is 9.98 Å². The van der Waals surface area contributed by atoms with Gasteiger partial charge in [0.15, 0.2) is 11.7 Å². The first kappa shape index (κ1) is 13.9. The standard InChI is InChI=1S/C13H19F3N4/c14-13(15,16)12(8-5-2-6-8)9(7-3-1-4-7)19-11(18)20-10(12)17/h7-8,11H,1-6,18H2,(H2,17,20). The molecule has 0 bridgehead atoms. The van der Waals surface area contributed by atoms with Crippen molar-refractivity contribution in [2.45, 2.75) is 51.0 Å². The van der Waals surface area contributed by atoms with E-state index in [0.29, 0.717) is 12.8 Å². The maximum Gasteiger partial charge on any atom is 0.406 e. The topological polar surface area (TPSA) is 76.8 Å². The SMILES string of the molecule is NC1=NC(N)N=C(C2CCC2)C1(C1CCC1)C(F)(F)F. The molecule has 0 aromatic carbocycles. The second-order valence-electron chi connectivity index (χ2n) is 6.00. The van der Waals surface area contributed by atoms with Gasteiger partial charge in [-0.05, 0) is 37.5 Å². The average molecular weight is 288 g/mol. The molecule has 0 aromatic heterocycles. The molecule has 2 saturated carbocycles. The normalized spacial score (nSPS) is 35.9. The summed E-state index contributed by atoms with van der Waals surface area (Å²) in [4.78, 5) is 7.85. The van der Waals surface area contributed by atoms with E-state index in [1.165, 1.54) is 0 Å². The minimum absolute atomic E-state index is 0.141. The van der Waals surface area contributed by atoms with Crippen LogP contribution in [0.5, 0.6) is 0 Å². The second-order valence-corrected chi connectivity index (χ2v) is 6.00. The molecule has 0 radical (unpaired) electrons. The molecule has 3 aliphatic rings. The van der Waals surface area contributed by atoms with Gasteiger partial charge in [-0.1, -0.05) is 12.8 Å². The number of alkyl halides is 3. The fourth-order valence-electron chi connectivity index (χ4n) is 3.54. The van der Waals surface area contributed by atoms with Crippen LogP contribution >= 0.6 is 0 Å². The van der Waals surface area contributed by atoms with E-state index < -0.39 is 23.8 Å². The highest BCUT2D eigenvalue weighted by Gasteiger charge is 2.68. The van der Waals surface area contributed by atoms with E-state index in [1.807, 2.05) is 0 Å². The van der Waals surface area contributed by atoms with Crippen LogP contribution in [-0.2, 0) is 0 Å². The number of amidine groups is 1. The van der Waals surface area contributed by atoms with E-state index in [4.69, 9.17) is 11.5 Å². The highest BCUT2D eigenvalue weighted by Crippen LogP contribution is 2.56. The minimum Gasteiger partial charge on any atom is -0.386 e. The number of nitrogens with zero attached hydrogens (tertiary/aromatic N) is 2. The predicted molar refractivity (Wildman–Crippen MR) is 70.2 cm³/mol. The molecular formula is C13H19F3N4. The summed E-state index contributed by atoms with van der Waals surface area (Å²) < 4.78 is 41.8. The number of hydrogen-bond acceptors (Lipinski definition) is 4. The quantitative estimate of drug-likeness (QED) is 0.817. The maximum absolute atomic E-state index is 13.9. The third-order valence-electron chi connectivity index (χ3n) is 5.01. The third-order valence-corrected chi connectivity index (χ3v) is 5.01. The molecule has 2 fully saturated rings. The first-order valence-electron chi connectivity index (χ1n) is 7.11. The number of rotatable bonds is 2. The molecule has 4 nitrogen and oxygen atoms in total. The van der Waals surface area contributed by atoms with Gasteiger partial charge in [-0.15, -0.1) is 0 Å². The van der Waals surface area contributed by atoms with Crippen molar-refractivity contribution in [3.63, 3.8) is 0 Å². The van der Waals surface area contributed by atoms with Gasteiger partial charge in [0.25, 0.3) is 0 Å². The largest absolute Gasteiger partial charge is 0.406 e. The van der Waals surface area contributed by atoms with Crippen molar-refractivity contribution in [2.24, 2.45) is 38.7 Å². The molecule has 1 aliphatic heterocycles. The molecule has 0 spiro atoms. The predicted octanol–water partition coefficient (Wildman–Crippen LogP) is 2.19. The summed E-state index contributed by atoms with van der Waals surface area (Å²) in [6.07, 6.45) is -1.17. The first-order chi connectivity index (χ1) is 9.37. The lowest BCUT2D eigenvalue weighted by atomic mass is 9.57. The van der Waals surface area contributed by atoms with Crippen LogP contribution in [0, 0.1) is 17.3 Å². The van der Waals surface area contributed by atoms with Crippen molar-refractivity contribution < 1.29 is 13.2 Å². The van der Waals surface area contributed by atoms with E-state index in [1.54, 1.807) is 0 Å². The van der Waals surface area contributed by atoms with Gasteiger partial charge in [-0.25, -0.2) is 4.99 Å². The van der Waals surface area contributed by atoms with Gasteiger partial charge in [0.1, 0.15) is 5.84 Å². The lowest BCUT2D eigenvalue weighted by Crippen LogP contribution is -2.64. The van der Waals surface area contributed by atoms with Crippen LogP contribution in [-0.4, -0.2) is 24.0 Å². The third kappa shape index (κ3) is 1.71. The lowest BCUT2D eigenvalue weighted by molar-refractivity contribution is -0.199. The molecule has 2 unspecified atom stereocenters. The highest BCUT2D eigenvalue weighted by atomic mass is 19.4. The van der Waals surface area contributed by atoms with Gasteiger partial charge in [0.2, 0.25) is 0 Å². The Hall–Kier alpha value is -1.11. The monoisotopic (exact) mass is 288 g/mol. The maximum atomic E-state index is 13.9. The zero-order valence-corrected chi connectivity index (χ0v) is 11.2. The van der Waals surface area contributed by atoms with Gasteiger partial charge in [-0.3, -0.25) is 10.7 Å². The van der Waals surface area contributed by atoms with Crippen LogP contribution in [0.1, 0.15) is 38.5 Å². The Balaban J connectivity index is 2.11. The molecule has 1 heterocycles. The van der Waals surface area contributed by atoms with Gasteiger partial charge >= 0.3 is 6.18 Å². The Kier molecular flexibility index (Phi) is 3.08. The molecule has 4 N–H and O–H groups in total. The van der Waals surface area contributed by atoms with E-state index in [0.717, 1.165) is 25.7 Å². The summed E-state index contributed by atoms with van der Waals surface area (Å²) in [5, 5.41) is 0. The van der Waals surface area contributed by atoms with Crippen LogP contribution in [0.2, 0.25) is 0 Å². The molecule has 2 aliphatic carbocycles. The lowest BCUT2D eigenvalue weighted by Gasteiger charge is -2.50. The number of nitrogens with two attached hydrogens (primary N) is 2. The molecule has 2 atom stereocenters. The van der Waals surface area contributed by atoms with Crippen molar-refractivity contribution in [1.29, 1.82) is 0 Å². The fourth-order valence-corrected chi connectivity index (χ4v) is 3.54. The van der Waals surface area contributed by atoms with Crippen LogP contribution in [0.25, 0.3) is 0 Å². The molecule has 0 amide bonds. The van der Waals surface area contributed by atoms with Crippen LogP contribution in [0.4, 0.5) is 13.2 Å². The summed E-state index contributed by atoms with van der Waals surface area (Å²) in [6, 6.07) is 0. The Bertz CT molecular complexity index is 463. The van der Waals surface area contributed by atoms with Crippen molar-refractivity contribution in [1.82, 2.24) is 0 Å². The van der Waals surface area contributed by atoms with Gasteiger partial charge in [-0.2, -0.15) is 13.2 Å². The second kappa shape index (κ2) is 4.44. The van der Waals surface area contributed by atoms with Gasteiger partial charge < -0.3 is 5.73 Å². The van der Waals surface area contributed by atoms with Gasteiger partial charge in [0.05, 0.1) is 0 Å². The summed E-state index contributed by atoms with van der Waals surface area (Å²) in [5.74, 6) is -1.05. The first-order valence-corrected chi connectivity index (χ1v) is 7.11. The molecule has 7 heteroatoms. The summed E-state index contributed by atoms with van der Waals surface area (Å²) in [7, 11) is 0. The van der Waals surface area contributed by atoms with Crippen molar-refractivity contribution in [3.8, 4) is 0 Å². The minimum atomic E-state index is -4.46. The van der Waals surface area contributed by atoms with E-state index in [9.17, 15) is 13.2 Å². The summed E-state index contributed by atoms with van der Waals surface area (Å²) in [5.41, 5.74) is 9.40. The zero-order valence-electron chi connectivity index (χ0n) is 11.2. The summed E-state index contributed by atoms with van der Waals surface area (Å²) in [6.45, 7) is 0. The van der Waals surface area contributed by atoms with Crippen LogP contribution < -0.4 is 11.5 Å². The molecule has 3 rings (SSSR count). The van der Waals surface area contributed by atoms with Crippen molar-refractivity contribution in [3.05, 3.63) is 0 Å². The molecule has 0 aromatic rings. The highest BCUT2D eigenvalue weighted by molar-refractivity contribution is 6.14. The Morgan fingerprint density at radius 3 is 2.05 bits per heavy atom. The van der Waals surface area contributed by atoms with Crippen LogP contribution in [0.3, 0.4) is 0 Å². The number of hydrogen-bond donors (Lipinski definition) is 2. The zero-order chi connectivity index (χ0) is 14.5.